The molecule has 4 nitrogen and oxygen atoms in total. The number of ether oxygens (including phenoxy) is 2. The van der Waals surface area contributed by atoms with Gasteiger partial charge in [-0.15, -0.1) is 0 Å². The summed E-state index contributed by atoms with van der Waals surface area (Å²) >= 11 is 0. The molecule has 2 aromatic rings. The smallest absolute Gasteiger partial charge is 0.251 e. The van der Waals surface area contributed by atoms with Crippen LogP contribution < -0.4 is 14.8 Å². The molecule has 0 aliphatic heterocycles. The Bertz CT molecular complexity index is 705. The van der Waals surface area contributed by atoms with E-state index < -0.39 is 0 Å². The van der Waals surface area contributed by atoms with Crippen molar-refractivity contribution in [3.63, 3.8) is 0 Å². The maximum atomic E-state index is 12.3. The maximum Gasteiger partial charge on any atom is 0.251 e. The van der Waals surface area contributed by atoms with Gasteiger partial charge in [0.2, 0.25) is 0 Å². The highest BCUT2D eigenvalue weighted by Gasteiger charge is 2.23. The zero-order valence-corrected chi connectivity index (χ0v) is 15.0. The number of rotatable bonds is 6. The van der Waals surface area contributed by atoms with Gasteiger partial charge in [0.25, 0.3) is 5.91 Å². The van der Waals surface area contributed by atoms with Crippen molar-refractivity contribution in [1.82, 2.24) is 5.32 Å². The number of hydrogen-bond donors (Lipinski definition) is 1. The fourth-order valence-corrected chi connectivity index (χ4v) is 2.47. The van der Waals surface area contributed by atoms with Gasteiger partial charge < -0.3 is 14.8 Å². The summed E-state index contributed by atoms with van der Waals surface area (Å²) in [6.07, 6.45) is 0. The molecule has 0 bridgehead atoms. The topological polar surface area (TPSA) is 47.6 Å². The van der Waals surface area contributed by atoms with Gasteiger partial charge >= 0.3 is 0 Å². The lowest BCUT2D eigenvalue weighted by atomic mass is 9.84. The largest absolute Gasteiger partial charge is 0.493 e. The maximum absolute atomic E-state index is 12.3. The lowest BCUT2D eigenvalue weighted by Crippen LogP contribution is -2.36. The zero-order valence-electron chi connectivity index (χ0n) is 15.0. The van der Waals surface area contributed by atoms with E-state index in [1.165, 1.54) is 0 Å². The predicted molar refractivity (Wildman–Crippen MR) is 96.1 cm³/mol. The van der Waals surface area contributed by atoms with Gasteiger partial charge in [-0.2, -0.15) is 0 Å². The number of aryl methyl sites for hydroxylation is 1. The number of benzene rings is 2. The molecular weight excluding hydrogens is 302 g/mol. The normalized spacial score (nSPS) is 11.0. The van der Waals surface area contributed by atoms with Gasteiger partial charge in [-0.05, 0) is 36.8 Å². The van der Waals surface area contributed by atoms with Crippen LogP contribution in [0.25, 0.3) is 0 Å². The van der Waals surface area contributed by atoms with Gasteiger partial charge in [0, 0.05) is 17.5 Å². The molecule has 0 saturated heterocycles. The summed E-state index contributed by atoms with van der Waals surface area (Å²) in [5.41, 5.74) is 2.64. The third-order valence-electron chi connectivity index (χ3n) is 4.17. The van der Waals surface area contributed by atoms with E-state index in [-0.39, 0.29) is 11.3 Å². The molecule has 0 unspecified atom stereocenters. The highest BCUT2D eigenvalue weighted by Crippen LogP contribution is 2.32. The Morgan fingerprint density at radius 2 is 1.62 bits per heavy atom. The molecular formula is C20H25NO3. The summed E-state index contributed by atoms with van der Waals surface area (Å²) < 4.78 is 10.6. The Hall–Kier alpha value is -2.49. The van der Waals surface area contributed by atoms with Crippen LogP contribution in [0.1, 0.15) is 35.3 Å². The van der Waals surface area contributed by atoms with Crippen molar-refractivity contribution in [2.75, 3.05) is 20.8 Å². The van der Waals surface area contributed by atoms with Crippen molar-refractivity contribution in [3.8, 4) is 11.5 Å². The van der Waals surface area contributed by atoms with E-state index >= 15 is 0 Å². The van der Waals surface area contributed by atoms with Crippen molar-refractivity contribution in [3.05, 3.63) is 59.2 Å². The minimum Gasteiger partial charge on any atom is -0.493 e. The molecule has 1 amide bonds. The van der Waals surface area contributed by atoms with Crippen LogP contribution in [-0.2, 0) is 5.41 Å². The SMILES string of the molecule is COc1ccc(C(C)(C)CNC(=O)c2ccc(C)cc2)cc1OC. The second-order valence-electron chi connectivity index (χ2n) is 6.50. The average Bonchev–Trinajstić information content (AvgIpc) is 2.59. The standard InChI is InChI=1S/C20H25NO3/c1-14-6-8-15(9-7-14)19(22)21-13-20(2,3)16-10-11-17(23-4)18(12-16)24-5/h6-12H,13H2,1-5H3,(H,21,22). The summed E-state index contributed by atoms with van der Waals surface area (Å²) in [4.78, 5) is 12.3. The van der Waals surface area contributed by atoms with E-state index in [1.807, 2.05) is 49.4 Å². The fourth-order valence-electron chi connectivity index (χ4n) is 2.47. The van der Waals surface area contributed by atoms with Crippen molar-refractivity contribution >= 4 is 5.91 Å². The van der Waals surface area contributed by atoms with Gasteiger partial charge in [-0.1, -0.05) is 37.6 Å². The van der Waals surface area contributed by atoms with Crippen molar-refractivity contribution < 1.29 is 14.3 Å². The lowest BCUT2D eigenvalue weighted by molar-refractivity contribution is 0.0945. The van der Waals surface area contributed by atoms with Crippen molar-refractivity contribution in [2.24, 2.45) is 0 Å². The fraction of sp³-hybridized carbons (Fsp3) is 0.350. The molecule has 1 N–H and O–H groups in total. The number of hydrogen-bond acceptors (Lipinski definition) is 3. The molecule has 0 atom stereocenters. The van der Waals surface area contributed by atoms with Gasteiger partial charge in [0.05, 0.1) is 14.2 Å². The molecule has 2 aromatic carbocycles. The Balaban J connectivity index is 2.10. The first-order valence-corrected chi connectivity index (χ1v) is 7.95. The van der Waals surface area contributed by atoms with Crippen LogP contribution in [0.5, 0.6) is 11.5 Å². The first-order valence-electron chi connectivity index (χ1n) is 7.95. The molecule has 0 spiro atoms. The van der Waals surface area contributed by atoms with Crippen molar-refractivity contribution in [1.29, 1.82) is 0 Å². The number of carbonyl (C=O) groups is 1. The molecule has 0 fully saturated rings. The average molecular weight is 327 g/mol. The van der Waals surface area contributed by atoms with Gasteiger partial charge in [-0.25, -0.2) is 0 Å². The molecule has 128 valence electrons. The van der Waals surface area contributed by atoms with Crippen LogP contribution in [0.3, 0.4) is 0 Å². The molecule has 0 radical (unpaired) electrons. The summed E-state index contributed by atoms with van der Waals surface area (Å²) in [6.45, 7) is 6.70. The van der Waals surface area contributed by atoms with E-state index in [4.69, 9.17) is 9.47 Å². The Labute approximate surface area is 143 Å². The second-order valence-corrected chi connectivity index (χ2v) is 6.50. The minimum absolute atomic E-state index is 0.0662. The molecule has 0 heterocycles. The van der Waals surface area contributed by atoms with E-state index in [2.05, 4.69) is 19.2 Å². The van der Waals surface area contributed by atoms with Gasteiger partial charge in [0.1, 0.15) is 0 Å². The van der Waals surface area contributed by atoms with Crippen LogP contribution in [-0.4, -0.2) is 26.7 Å². The third-order valence-corrected chi connectivity index (χ3v) is 4.17. The summed E-state index contributed by atoms with van der Waals surface area (Å²) in [5.74, 6) is 1.32. The van der Waals surface area contributed by atoms with Crippen LogP contribution in [0.2, 0.25) is 0 Å². The van der Waals surface area contributed by atoms with E-state index in [0.29, 0.717) is 23.6 Å². The number of carbonyl (C=O) groups excluding carboxylic acids is 1. The van der Waals surface area contributed by atoms with Crippen molar-refractivity contribution in [2.45, 2.75) is 26.2 Å². The van der Waals surface area contributed by atoms with Gasteiger partial charge in [-0.3, -0.25) is 4.79 Å². The second kappa shape index (κ2) is 7.39. The first-order chi connectivity index (χ1) is 11.4. The monoisotopic (exact) mass is 327 g/mol. The van der Waals surface area contributed by atoms with Crippen LogP contribution in [0, 0.1) is 6.92 Å². The lowest BCUT2D eigenvalue weighted by Gasteiger charge is -2.26. The molecule has 2 rings (SSSR count). The highest BCUT2D eigenvalue weighted by atomic mass is 16.5. The number of methoxy groups -OCH3 is 2. The quantitative estimate of drug-likeness (QED) is 0.879. The Kier molecular flexibility index (Phi) is 5.50. The summed E-state index contributed by atoms with van der Waals surface area (Å²) in [7, 11) is 3.23. The van der Waals surface area contributed by atoms with Crippen LogP contribution in [0.4, 0.5) is 0 Å². The van der Waals surface area contributed by atoms with E-state index in [0.717, 1.165) is 11.1 Å². The van der Waals surface area contributed by atoms with E-state index in [1.54, 1.807) is 14.2 Å². The van der Waals surface area contributed by atoms with Crippen LogP contribution in [0.15, 0.2) is 42.5 Å². The molecule has 0 aliphatic carbocycles. The minimum atomic E-state index is -0.236. The third kappa shape index (κ3) is 4.07. The number of amides is 1. The predicted octanol–water partition coefficient (Wildman–Crippen LogP) is 3.72. The Morgan fingerprint density at radius 3 is 2.21 bits per heavy atom. The van der Waals surface area contributed by atoms with Gasteiger partial charge in [0.15, 0.2) is 11.5 Å². The summed E-state index contributed by atoms with van der Waals surface area (Å²) in [5, 5.41) is 3.01. The Morgan fingerprint density at radius 1 is 1.00 bits per heavy atom. The van der Waals surface area contributed by atoms with Crippen LogP contribution >= 0.6 is 0 Å². The number of nitrogens with one attached hydrogen (secondary N) is 1. The molecule has 0 aromatic heterocycles. The molecule has 24 heavy (non-hydrogen) atoms. The molecule has 0 aliphatic rings. The van der Waals surface area contributed by atoms with E-state index in [9.17, 15) is 4.79 Å². The molecule has 4 heteroatoms. The zero-order chi connectivity index (χ0) is 17.7. The molecule has 0 saturated carbocycles. The highest BCUT2D eigenvalue weighted by molar-refractivity contribution is 5.94. The first kappa shape index (κ1) is 17.9. The summed E-state index contributed by atoms with van der Waals surface area (Å²) in [6, 6.07) is 13.4.